The lowest BCUT2D eigenvalue weighted by Gasteiger charge is -2.08. The third-order valence-electron chi connectivity index (χ3n) is 2.24. The van der Waals surface area contributed by atoms with Crippen molar-refractivity contribution in [3.8, 4) is 0 Å². The lowest BCUT2D eigenvalue weighted by molar-refractivity contribution is 0.105. The Hall–Kier alpha value is -0.650. The van der Waals surface area contributed by atoms with E-state index >= 15 is 0 Å². The van der Waals surface area contributed by atoms with Crippen LogP contribution in [0.4, 0.5) is 0 Å². The van der Waals surface area contributed by atoms with Crippen LogP contribution in [-0.2, 0) is 17.9 Å². The van der Waals surface area contributed by atoms with Gasteiger partial charge in [-0.25, -0.2) is 0 Å². The maximum absolute atomic E-state index is 9.09. The van der Waals surface area contributed by atoms with Crippen molar-refractivity contribution >= 4 is 12.2 Å². The Morgan fingerprint density at radius 3 is 2.94 bits per heavy atom. The maximum atomic E-state index is 9.09. The number of aliphatic hydroxyl groups is 1. The lowest BCUT2D eigenvalue weighted by Crippen LogP contribution is -2.08. The van der Waals surface area contributed by atoms with Crippen molar-refractivity contribution in [1.29, 1.82) is 0 Å². The molecular formula is C11H20N2O2S. The zero-order valence-corrected chi connectivity index (χ0v) is 10.7. The molecule has 0 aromatic carbocycles. The minimum atomic E-state index is 0.0139. The monoisotopic (exact) mass is 244 g/mol. The number of hydrogen-bond acceptors (Lipinski definition) is 3. The van der Waals surface area contributed by atoms with Crippen LogP contribution in [0.25, 0.3) is 0 Å². The largest absolute Gasteiger partial charge is 0.390 e. The van der Waals surface area contributed by atoms with Crippen LogP contribution < -0.4 is 0 Å². The van der Waals surface area contributed by atoms with Crippen molar-refractivity contribution in [2.45, 2.75) is 33.4 Å². The van der Waals surface area contributed by atoms with Gasteiger partial charge in [-0.05, 0) is 24.6 Å². The van der Waals surface area contributed by atoms with Gasteiger partial charge in [0.15, 0.2) is 4.77 Å². The van der Waals surface area contributed by atoms with Gasteiger partial charge in [0.1, 0.15) is 0 Å². The first kappa shape index (κ1) is 13.4. The molecule has 0 unspecified atom stereocenters. The topological polar surface area (TPSA) is 50.2 Å². The summed E-state index contributed by atoms with van der Waals surface area (Å²) in [5.41, 5.74) is 0.828. The average Bonchev–Trinajstić information content (AvgIpc) is 2.59. The number of aromatic amines is 1. The molecule has 16 heavy (non-hydrogen) atoms. The van der Waals surface area contributed by atoms with E-state index in [1.165, 1.54) is 0 Å². The molecule has 5 heteroatoms. The smallest absolute Gasteiger partial charge is 0.177 e. The SMILES string of the molecule is CC(C)COCCCn1c(CO)c[nH]c1=S. The molecule has 0 radical (unpaired) electrons. The lowest BCUT2D eigenvalue weighted by atomic mass is 10.2. The highest BCUT2D eigenvalue weighted by Crippen LogP contribution is 2.03. The minimum Gasteiger partial charge on any atom is -0.390 e. The number of H-pyrrole nitrogens is 1. The molecule has 1 heterocycles. The van der Waals surface area contributed by atoms with E-state index in [2.05, 4.69) is 18.8 Å². The van der Waals surface area contributed by atoms with Gasteiger partial charge in [0, 0.05) is 26.0 Å². The number of nitrogens with one attached hydrogen (secondary N) is 1. The van der Waals surface area contributed by atoms with Gasteiger partial charge < -0.3 is 19.4 Å². The molecule has 0 saturated carbocycles. The molecule has 0 atom stereocenters. The number of hydrogen-bond donors (Lipinski definition) is 2. The van der Waals surface area contributed by atoms with E-state index < -0.39 is 0 Å². The molecule has 0 aliphatic heterocycles. The fourth-order valence-corrected chi connectivity index (χ4v) is 1.72. The molecule has 0 amide bonds. The summed E-state index contributed by atoms with van der Waals surface area (Å²) in [6, 6.07) is 0. The second-order valence-corrected chi connectivity index (χ2v) is 4.60. The number of aromatic nitrogens is 2. The van der Waals surface area contributed by atoms with Gasteiger partial charge in [0.2, 0.25) is 0 Å². The number of rotatable bonds is 7. The fraction of sp³-hybridized carbons (Fsp3) is 0.727. The van der Waals surface area contributed by atoms with Crippen LogP contribution in [0.5, 0.6) is 0 Å². The Bertz CT molecular complexity index is 357. The zero-order chi connectivity index (χ0) is 12.0. The average molecular weight is 244 g/mol. The summed E-state index contributed by atoms with van der Waals surface area (Å²) >= 11 is 5.11. The predicted molar refractivity (Wildman–Crippen MR) is 65.8 cm³/mol. The van der Waals surface area contributed by atoms with E-state index in [0.717, 1.165) is 31.9 Å². The van der Waals surface area contributed by atoms with Crippen molar-refractivity contribution in [3.05, 3.63) is 16.7 Å². The Balaban J connectivity index is 2.31. The van der Waals surface area contributed by atoms with Crippen LogP contribution >= 0.6 is 12.2 Å². The first-order valence-electron chi connectivity index (χ1n) is 5.60. The Labute approximate surface area is 101 Å². The highest BCUT2D eigenvalue weighted by Gasteiger charge is 2.02. The molecule has 0 aliphatic carbocycles. The van der Waals surface area contributed by atoms with Gasteiger partial charge in [-0.2, -0.15) is 0 Å². The number of aliphatic hydroxyl groups excluding tert-OH is 1. The molecule has 1 aromatic rings. The van der Waals surface area contributed by atoms with Crippen molar-refractivity contribution in [2.24, 2.45) is 5.92 Å². The summed E-state index contributed by atoms with van der Waals surface area (Å²) in [5, 5.41) is 9.09. The van der Waals surface area contributed by atoms with E-state index in [9.17, 15) is 0 Å². The molecule has 4 nitrogen and oxygen atoms in total. The highest BCUT2D eigenvalue weighted by atomic mass is 32.1. The van der Waals surface area contributed by atoms with Gasteiger partial charge in [-0.1, -0.05) is 13.8 Å². The molecule has 0 fully saturated rings. The van der Waals surface area contributed by atoms with Crippen LogP contribution in [0.15, 0.2) is 6.20 Å². The Kier molecular flexibility index (Phi) is 5.73. The first-order chi connectivity index (χ1) is 7.65. The molecule has 0 spiro atoms. The molecular weight excluding hydrogens is 224 g/mol. The van der Waals surface area contributed by atoms with Crippen molar-refractivity contribution in [3.63, 3.8) is 0 Å². The number of nitrogens with zero attached hydrogens (tertiary/aromatic N) is 1. The molecule has 0 bridgehead atoms. The molecule has 0 aliphatic rings. The van der Waals surface area contributed by atoms with Gasteiger partial charge in [-0.15, -0.1) is 0 Å². The second-order valence-electron chi connectivity index (χ2n) is 4.22. The second kappa shape index (κ2) is 6.83. The van der Waals surface area contributed by atoms with Crippen molar-refractivity contribution in [1.82, 2.24) is 9.55 Å². The molecule has 92 valence electrons. The molecule has 0 saturated heterocycles. The minimum absolute atomic E-state index is 0.0139. The fourth-order valence-electron chi connectivity index (χ4n) is 1.45. The van der Waals surface area contributed by atoms with Crippen LogP contribution in [-0.4, -0.2) is 27.9 Å². The summed E-state index contributed by atoms with van der Waals surface area (Å²) in [7, 11) is 0. The third kappa shape index (κ3) is 4.08. The standard InChI is InChI=1S/C11H20N2O2S/c1-9(2)8-15-5-3-4-13-10(7-14)6-12-11(13)16/h6,9,14H,3-5,7-8H2,1-2H3,(H,12,16). The zero-order valence-electron chi connectivity index (χ0n) is 9.90. The normalized spacial score (nSPS) is 11.2. The van der Waals surface area contributed by atoms with E-state index in [1.807, 2.05) is 4.57 Å². The van der Waals surface area contributed by atoms with E-state index in [1.54, 1.807) is 6.20 Å². The van der Waals surface area contributed by atoms with Crippen LogP contribution in [0.1, 0.15) is 26.0 Å². The summed E-state index contributed by atoms with van der Waals surface area (Å²) in [5.74, 6) is 0.572. The van der Waals surface area contributed by atoms with Crippen LogP contribution in [0, 0.1) is 10.7 Å². The van der Waals surface area contributed by atoms with E-state index in [0.29, 0.717) is 10.7 Å². The van der Waals surface area contributed by atoms with Crippen LogP contribution in [0.2, 0.25) is 0 Å². The van der Waals surface area contributed by atoms with Gasteiger partial charge in [0.25, 0.3) is 0 Å². The van der Waals surface area contributed by atoms with Crippen LogP contribution in [0.3, 0.4) is 0 Å². The summed E-state index contributed by atoms with van der Waals surface area (Å²) < 4.78 is 8.06. The Morgan fingerprint density at radius 2 is 2.31 bits per heavy atom. The molecule has 1 aromatic heterocycles. The predicted octanol–water partition coefficient (Wildman–Crippen LogP) is 2.10. The van der Waals surface area contributed by atoms with Crippen molar-refractivity contribution in [2.75, 3.05) is 13.2 Å². The number of imidazole rings is 1. The summed E-state index contributed by atoms with van der Waals surface area (Å²) in [6.07, 6.45) is 2.66. The quantitative estimate of drug-likeness (QED) is 0.570. The summed E-state index contributed by atoms with van der Waals surface area (Å²) in [6.45, 7) is 6.59. The van der Waals surface area contributed by atoms with Gasteiger partial charge in [-0.3, -0.25) is 0 Å². The third-order valence-corrected chi connectivity index (χ3v) is 2.58. The first-order valence-corrected chi connectivity index (χ1v) is 6.01. The van der Waals surface area contributed by atoms with Gasteiger partial charge in [0.05, 0.1) is 12.3 Å². The highest BCUT2D eigenvalue weighted by molar-refractivity contribution is 7.71. The number of ether oxygens (including phenoxy) is 1. The summed E-state index contributed by atoms with van der Waals surface area (Å²) in [4.78, 5) is 2.92. The maximum Gasteiger partial charge on any atom is 0.177 e. The molecule has 1 rings (SSSR count). The molecule has 2 N–H and O–H groups in total. The Morgan fingerprint density at radius 1 is 1.56 bits per heavy atom. The van der Waals surface area contributed by atoms with E-state index in [4.69, 9.17) is 22.1 Å². The van der Waals surface area contributed by atoms with Crippen molar-refractivity contribution < 1.29 is 9.84 Å². The van der Waals surface area contributed by atoms with E-state index in [-0.39, 0.29) is 6.61 Å². The van der Waals surface area contributed by atoms with Gasteiger partial charge >= 0.3 is 0 Å².